The van der Waals surface area contributed by atoms with Crippen molar-refractivity contribution >= 4 is 45.5 Å². The summed E-state index contributed by atoms with van der Waals surface area (Å²) in [7, 11) is 0. The quantitative estimate of drug-likeness (QED) is 0.160. The van der Waals surface area contributed by atoms with Crippen LogP contribution in [0, 0.1) is 17.8 Å². The third-order valence-electron chi connectivity index (χ3n) is 12.0. The summed E-state index contributed by atoms with van der Waals surface area (Å²) >= 11 is 0. The van der Waals surface area contributed by atoms with Gasteiger partial charge >= 0.3 is 0 Å². The molecular formula is C50H46N2O2. The fraction of sp³-hybridized carbons (Fsp3) is 0.220. The van der Waals surface area contributed by atoms with Gasteiger partial charge in [-0.25, -0.2) is 0 Å². The SMILES string of the molecule is C/C(=C(\N)c1cccc2c3c(oc12)C=CC(C1C=Cc2oc4ccccc4c2C1)C3)C(C)C(=NC(C)c1ccc(C2C=CC=CC2)cc1)c1ccccc1. The molecule has 2 aromatic heterocycles. The van der Waals surface area contributed by atoms with Crippen molar-refractivity contribution in [1.29, 1.82) is 0 Å². The van der Waals surface area contributed by atoms with Crippen LogP contribution in [0.2, 0.25) is 0 Å². The molecule has 0 amide bonds. The van der Waals surface area contributed by atoms with Crippen LogP contribution < -0.4 is 5.73 Å². The van der Waals surface area contributed by atoms with Crippen LogP contribution in [0.4, 0.5) is 0 Å². The summed E-state index contributed by atoms with van der Waals surface area (Å²) in [4.78, 5) is 5.41. The van der Waals surface area contributed by atoms with Crippen LogP contribution in [0.5, 0.6) is 0 Å². The highest BCUT2D eigenvalue weighted by atomic mass is 16.3. The Hall–Kier alpha value is -5.87. The number of fused-ring (bicyclic) bond motifs is 6. The van der Waals surface area contributed by atoms with Gasteiger partial charge in [0.1, 0.15) is 22.7 Å². The van der Waals surface area contributed by atoms with Gasteiger partial charge in [0, 0.05) is 50.7 Å². The summed E-state index contributed by atoms with van der Waals surface area (Å²) < 4.78 is 12.8. The molecule has 9 rings (SSSR count). The van der Waals surface area contributed by atoms with Crippen molar-refractivity contribution in [3.63, 3.8) is 0 Å². The van der Waals surface area contributed by atoms with Crippen molar-refractivity contribution in [2.45, 2.75) is 52.0 Å². The zero-order valence-electron chi connectivity index (χ0n) is 31.2. The van der Waals surface area contributed by atoms with Gasteiger partial charge in [0.15, 0.2) is 0 Å². The Morgan fingerprint density at radius 2 is 1.41 bits per heavy atom. The van der Waals surface area contributed by atoms with E-state index in [-0.39, 0.29) is 12.0 Å². The van der Waals surface area contributed by atoms with Crippen LogP contribution in [-0.4, -0.2) is 5.71 Å². The van der Waals surface area contributed by atoms with Crippen molar-refractivity contribution in [2.75, 3.05) is 0 Å². The lowest BCUT2D eigenvalue weighted by Gasteiger charge is -2.26. The topological polar surface area (TPSA) is 64.7 Å². The molecule has 5 unspecified atom stereocenters. The van der Waals surface area contributed by atoms with E-state index in [1.165, 1.54) is 27.6 Å². The highest BCUT2D eigenvalue weighted by Gasteiger charge is 2.30. The lowest BCUT2D eigenvalue weighted by Crippen LogP contribution is -2.19. The predicted molar refractivity (Wildman–Crippen MR) is 224 cm³/mol. The van der Waals surface area contributed by atoms with Gasteiger partial charge in [-0.3, -0.25) is 4.99 Å². The molecule has 0 aliphatic heterocycles. The van der Waals surface area contributed by atoms with Gasteiger partial charge in [0.05, 0.1) is 6.04 Å². The molecule has 4 heteroatoms. The van der Waals surface area contributed by atoms with Gasteiger partial charge in [-0.2, -0.15) is 0 Å². The van der Waals surface area contributed by atoms with E-state index >= 15 is 0 Å². The maximum absolute atomic E-state index is 7.15. The van der Waals surface area contributed by atoms with E-state index in [0.29, 0.717) is 17.8 Å². The summed E-state index contributed by atoms with van der Waals surface area (Å²) in [5.41, 5.74) is 19.0. The molecule has 5 atom stereocenters. The van der Waals surface area contributed by atoms with Gasteiger partial charge in [-0.1, -0.05) is 128 Å². The maximum Gasteiger partial charge on any atom is 0.144 e. The summed E-state index contributed by atoms with van der Waals surface area (Å²) in [6, 6.07) is 34.3. The van der Waals surface area contributed by atoms with E-state index < -0.39 is 0 Å². The Labute approximate surface area is 317 Å². The Kier molecular flexibility index (Phi) is 8.90. The summed E-state index contributed by atoms with van der Waals surface area (Å²) in [6.07, 6.45) is 20.7. The van der Waals surface area contributed by atoms with Gasteiger partial charge in [0.2, 0.25) is 0 Å². The zero-order chi connectivity index (χ0) is 36.8. The first-order valence-electron chi connectivity index (χ1n) is 19.4. The molecule has 3 aliphatic carbocycles. The van der Waals surface area contributed by atoms with Crippen LogP contribution in [0.3, 0.4) is 0 Å². The number of hydrogen-bond acceptors (Lipinski definition) is 4. The van der Waals surface area contributed by atoms with Crippen LogP contribution in [0.25, 0.3) is 39.8 Å². The third-order valence-corrected chi connectivity index (χ3v) is 12.0. The average Bonchev–Trinajstić information content (AvgIpc) is 3.80. The van der Waals surface area contributed by atoms with Crippen molar-refractivity contribution in [2.24, 2.45) is 28.5 Å². The molecule has 54 heavy (non-hydrogen) atoms. The molecule has 3 aliphatic rings. The number of nitrogens with zero attached hydrogens (tertiary/aromatic N) is 1. The molecule has 0 saturated heterocycles. The van der Waals surface area contributed by atoms with E-state index in [1.807, 2.05) is 6.07 Å². The molecule has 4 nitrogen and oxygen atoms in total. The number of benzene rings is 4. The summed E-state index contributed by atoms with van der Waals surface area (Å²) in [6.45, 7) is 6.55. The molecule has 6 aromatic rings. The van der Waals surface area contributed by atoms with Crippen molar-refractivity contribution in [3.05, 3.63) is 184 Å². The van der Waals surface area contributed by atoms with Crippen molar-refractivity contribution in [3.8, 4) is 0 Å². The Balaban J connectivity index is 1.000. The van der Waals surface area contributed by atoms with Gasteiger partial charge in [0.25, 0.3) is 0 Å². The lowest BCUT2D eigenvalue weighted by molar-refractivity contribution is 0.454. The van der Waals surface area contributed by atoms with E-state index in [9.17, 15) is 0 Å². The minimum absolute atomic E-state index is 0.0229. The van der Waals surface area contributed by atoms with Crippen LogP contribution in [-0.2, 0) is 12.8 Å². The van der Waals surface area contributed by atoms with Gasteiger partial charge < -0.3 is 14.6 Å². The number of para-hydroxylation sites is 2. The van der Waals surface area contributed by atoms with E-state index in [4.69, 9.17) is 19.6 Å². The molecule has 0 saturated carbocycles. The minimum atomic E-state index is -0.0283. The van der Waals surface area contributed by atoms with E-state index in [2.05, 4.69) is 160 Å². The largest absolute Gasteiger partial charge is 0.456 e. The fourth-order valence-electron chi connectivity index (χ4n) is 8.66. The zero-order valence-corrected chi connectivity index (χ0v) is 31.2. The molecule has 0 fully saturated rings. The molecule has 268 valence electrons. The molecule has 2 N–H and O–H groups in total. The number of furan rings is 2. The molecule has 0 bridgehead atoms. The number of aliphatic imine (C=N–C) groups is 1. The Bertz CT molecular complexity index is 2540. The van der Waals surface area contributed by atoms with Crippen LogP contribution in [0.1, 0.15) is 84.1 Å². The second-order valence-electron chi connectivity index (χ2n) is 15.2. The van der Waals surface area contributed by atoms with Crippen molar-refractivity contribution in [1.82, 2.24) is 0 Å². The first-order valence-corrected chi connectivity index (χ1v) is 19.4. The first-order chi connectivity index (χ1) is 26.4. The Morgan fingerprint density at radius 1 is 0.722 bits per heavy atom. The summed E-state index contributed by atoms with van der Waals surface area (Å²) in [5.74, 6) is 3.07. The number of allylic oxidation sites excluding steroid dienone is 7. The molecule has 0 spiro atoms. The number of rotatable bonds is 8. The van der Waals surface area contributed by atoms with Crippen LogP contribution >= 0.6 is 0 Å². The van der Waals surface area contributed by atoms with E-state index in [0.717, 1.165) is 75.4 Å². The summed E-state index contributed by atoms with van der Waals surface area (Å²) in [5, 5.41) is 2.37. The third kappa shape index (κ3) is 6.20. The molecule has 2 heterocycles. The van der Waals surface area contributed by atoms with Gasteiger partial charge in [-0.15, -0.1) is 0 Å². The van der Waals surface area contributed by atoms with Crippen molar-refractivity contribution < 1.29 is 8.83 Å². The monoisotopic (exact) mass is 706 g/mol. The highest BCUT2D eigenvalue weighted by Crippen LogP contribution is 2.42. The smallest absolute Gasteiger partial charge is 0.144 e. The second-order valence-corrected chi connectivity index (χ2v) is 15.2. The minimum Gasteiger partial charge on any atom is -0.456 e. The average molecular weight is 707 g/mol. The number of nitrogens with two attached hydrogens (primary N) is 1. The predicted octanol–water partition coefficient (Wildman–Crippen LogP) is 12.4. The highest BCUT2D eigenvalue weighted by molar-refractivity contribution is 6.05. The second kappa shape index (κ2) is 14.2. The van der Waals surface area contributed by atoms with Gasteiger partial charge in [-0.05, 0) is 91.5 Å². The normalized spacial score (nSPS) is 20.9. The number of hydrogen-bond donors (Lipinski definition) is 1. The molecular weight excluding hydrogens is 661 g/mol. The Morgan fingerprint density at radius 3 is 2.15 bits per heavy atom. The standard InChI is InChI=1S/C50H46N2O2/c1-31(32(2)49(37-15-8-5-9-16-37)52-33(3)34-21-23-36(24-22-34)35-13-6-4-7-14-35)48(51)42-19-12-18-41-44-30-39(26-28-47(44)54-50(41)42)38-25-27-46-43(29-38)40-17-10-11-20-45(40)53-46/h4-13,15-28,32-33,35,38-39H,14,29-30,51H2,1-3H3/b48-31+,52-49?. The molecule has 4 aromatic carbocycles. The lowest BCUT2D eigenvalue weighted by atomic mass is 9.77. The molecule has 0 radical (unpaired) electrons. The maximum atomic E-state index is 7.15. The van der Waals surface area contributed by atoms with E-state index in [1.54, 1.807) is 0 Å². The fourth-order valence-corrected chi connectivity index (χ4v) is 8.66. The van der Waals surface area contributed by atoms with Crippen LogP contribution in [0.15, 0.2) is 153 Å². The first kappa shape index (κ1) is 33.9.